The van der Waals surface area contributed by atoms with Gasteiger partial charge in [-0.15, -0.1) is 0 Å². The van der Waals surface area contributed by atoms with E-state index in [2.05, 4.69) is 4.72 Å². The van der Waals surface area contributed by atoms with Gasteiger partial charge in [0.1, 0.15) is 6.04 Å². The van der Waals surface area contributed by atoms with E-state index in [4.69, 9.17) is 10.8 Å². The molecule has 0 aliphatic rings. The van der Waals surface area contributed by atoms with E-state index in [1.807, 2.05) is 6.92 Å². The van der Waals surface area contributed by atoms with Crippen LogP contribution in [0.1, 0.15) is 17.2 Å². The molecule has 2 aromatic rings. The minimum atomic E-state index is -3.90. The maximum absolute atomic E-state index is 12.5. The Morgan fingerprint density at radius 1 is 1.09 bits per heavy atom. The highest BCUT2D eigenvalue weighted by Gasteiger charge is 2.30. The second kappa shape index (κ2) is 6.91. The number of aryl methyl sites for hydroxylation is 1. The van der Waals surface area contributed by atoms with Gasteiger partial charge in [-0.25, -0.2) is 13.1 Å². The SMILES string of the molecule is Cc1ccc(S(=O)(=O)N[C@@H](c2ccccc2)[C@H](N)C(=O)O)cc1. The zero-order chi connectivity index (χ0) is 17.0. The molecule has 0 saturated carbocycles. The van der Waals surface area contributed by atoms with Crippen molar-refractivity contribution in [1.82, 2.24) is 4.72 Å². The zero-order valence-electron chi connectivity index (χ0n) is 12.5. The summed E-state index contributed by atoms with van der Waals surface area (Å²) in [6.07, 6.45) is 0. The maximum Gasteiger partial charge on any atom is 0.322 e. The molecule has 0 fully saturated rings. The Bertz CT molecular complexity index is 773. The van der Waals surface area contributed by atoms with Crippen LogP contribution in [0, 0.1) is 6.92 Å². The second-order valence-corrected chi connectivity index (χ2v) is 6.90. The summed E-state index contributed by atoms with van der Waals surface area (Å²) in [6.45, 7) is 1.84. The second-order valence-electron chi connectivity index (χ2n) is 5.19. The molecule has 4 N–H and O–H groups in total. The van der Waals surface area contributed by atoms with E-state index >= 15 is 0 Å². The van der Waals surface area contributed by atoms with Crippen LogP contribution >= 0.6 is 0 Å². The lowest BCUT2D eigenvalue weighted by Crippen LogP contribution is -2.45. The molecular weight excluding hydrogens is 316 g/mol. The Morgan fingerprint density at radius 3 is 2.17 bits per heavy atom. The summed E-state index contributed by atoms with van der Waals surface area (Å²) in [4.78, 5) is 11.3. The van der Waals surface area contributed by atoms with Gasteiger partial charge in [-0.2, -0.15) is 0 Å². The Morgan fingerprint density at radius 2 is 1.65 bits per heavy atom. The van der Waals surface area contributed by atoms with Crippen molar-refractivity contribution < 1.29 is 18.3 Å². The molecule has 0 bridgehead atoms. The monoisotopic (exact) mass is 334 g/mol. The first-order valence-corrected chi connectivity index (χ1v) is 8.42. The number of rotatable bonds is 6. The fourth-order valence-electron chi connectivity index (χ4n) is 2.10. The molecule has 0 amide bonds. The first-order chi connectivity index (χ1) is 10.8. The first-order valence-electron chi connectivity index (χ1n) is 6.93. The lowest BCUT2D eigenvalue weighted by atomic mass is 10.0. The normalized spacial score (nSPS) is 14.2. The van der Waals surface area contributed by atoms with Crippen molar-refractivity contribution in [2.45, 2.75) is 23.9 Å². The number of carbonyl (C=O) groups is 1. The lowest BCUT2D eigenvalue weighted by Gasteiger charge is -2.22. The van der Waals surface area contributed by atoms with E-state index < -0.39 is 28.1 Å². The van der Waals surface area contributed by atoms with Crippen LogP contribution in [-0.2, 0) is 14.8 Å². The smallest absolute Gasteiger partial charge is 0.322 e. The molecular formula is C16H18N2O4S. The van der Waals surface area contributed by atoms with Crippen LogP contribution in [0.3, 0.4) is 0 Å². The van der Waals surface area contributed by atoms with Crippen molar-refractivity contribution in [3.05, 3.63) is 65.7 Å². The van der Waals surface area contributed by atoms with E-state index in [-0.39, 0.29) is 4.90 Å². The minimum Gasteiger partial charge on any atom is -0.480 e. The van der Waals surface area contributed by atoms with Crippen molar-refractivity contribution >= 4 is 16.0 Å². The summed E-state index contributed by atoms with van der Waals surface area (Å²) in [6, 6.07) is 12.2. The minimum absolute atomic E-state index is 0.0571. The summed E-state index contributed by atoms with van der Waals surface area (Å²) in [5.74, 6) is -1.29. The Hall–Kier alpha value is -2.22. The molecule has 0 aliphatic heterocycles. The van der Waals surface area contributed by atoms with Crippen molar-refractivity contribution in [3.8, 4) is 0 Å². The number of sulfonamides is 1. The molecule has 23 heavy (non-hydrogen) atoms. The molecule has 2 atom stereocenters. The van der Waals surface area contributed by atoms with E-state index in [9.17, 15) is 13.2 Å². The molecule has 2 rings (SSSR count). The number of hydrogen-bond acceptors (Lipinski definition) is 4. The predicted molar refractivity (Wildman–Crippen MR) is 86.3 cm³/mol. The fourth-order valence-corrected chi connectivity index (χ4v) is 3.35. The maximum atomic E-state index is 12.5. The van der Waals surface area contributed by atoms with Crippen molar-refractivity contribution in [2.75, 3.05) is 0 Å². The number of nitrogens with two attached hydrogens (primary N) is 1. The standard InChI is InChI=1S/C16H18N2O4S/c1-11-7-9-13(10-8-11)23(21,22)18-15(14(17)16(19)20)12-5-3-2-4-6-12/h2-10,14-15,18H,17H2,1H3,(H,19,20)/t14-,15-/m0/s1. The molecule has 6 nitrogen and oxygen atoms in total. The molecule has 0 radical (unpaired) electrons. The van der Waals surface area contributed by atoms with Crippen LogP contribution in [0.4, 0.5) is 0 Å². The molecule has 0 heterocycles. The van der Waals surface area contributed by atoms with Gasteiger partial charge in [-0.3, -0.25) is 4.79 Å². The highest BCUT2D eigenvalue weighted by molar-refractivity contribution is 7.89. The van der Waals surface area contributed by atoms with Crippen LogP contribution < -0.4 is 10.5 Å². The number of benzene rings is 2. The summed E-state index contributed by atoms with van der Waals surface area (Å²) < 4.78 is 27.4. The summed E-state index contributed by atoms with van der Waals surface area (Å²) >= 11 is 0. The molecule has 0 aliphatic carbocycles. The molecule has 0 saturated heterocycles. The Kier molecular flexibility index (Phi) is 5.15. The van der Waals surface area contributed by atoms with Crippen LogP contribution in [-0.4, -0.2) is 25.5 Å². The lowest BCUT2D eigenvalue weighted by molar-refractivity contribution is -0.139. The van der Waals surface area contributed by atoms with E-state index in [1.165, 1.54) is 12.1 Å². The molecule has 2 aromatic carbocycles. The summed E-state index contributed by atoms with van der Waals surface area (Å²) in [7, 11) is -3.90. The Labute approximate surface area is 135 Å². The molecule has 7 heteroatoms. The van der Waals surface area contributed by atoms with Crippen molar-refractivity contribution in [3.63, 3.8) is 0 Å². The van der Waals surface area contributed by atoms with Gasteiger partial charge in [-0.05, 0) is 24.6 Å². The fraction of sp³-hybridized carbons (Fsp3) is 0.188. The van der Waals surface area contributed by atoms with Gasteiger partial charge in [0.15, 0.2) is 0 Å². The summed E-state index contributed by atoms with van der Waals surface area (Å²) in [5.41, 5.74) is 7.08. The predicted octanol–water partition coefficient (Wildman–Crippen LogP) is 1.43. The third kappa shape index (κ3) is 4.16. The molecule has 0 unspecified atom stereocenters. The average Bonchev–Trinajstić information content (AvgIpc) is 2.53. The third-order valence-corrected chi connectivity index (χ3v) is 4.87. The average molecular weight is 334 g/mol. The van der Waals surface area contributed by atoms with Crippen LogP contribution in [0.15, 0.2) is 59.5 Å². The van der Waals surface area contributed by atoms with Crippen LogP contribution in [0.5, 0.6) is 0 Å². The van der Waals surface area contributed by atoms with Gasteiger partial charge in [0.2, 0.25) is 10.0 Å². The van der Waals surface area contributed by atoms with Gasteiger partial charge in [0, 0.05) is 0 Å². The zero-order valence-corrected chi connectivity index (χ0v) is 13.3. The van der Waals surface area contributed by atoms with Gasteiger partial charge in [-0.1, -0.05) is 48.0 Å². The van der Waals surface area contributed by atoms with Crippen molar-refractivity contribution in [1.29, 1.82) is 0 Å². The molecule has 122 valence electrons. The number of carboxylic acids is 1. The van der Waals surface area contributed by atoms with Gasteiger partial charge < -0.3 is 10.8 Å². The highest BCUT2D eigenvalue weighted by atomic mass is 32.2. The van der Waals surface area contributed by atoms with Crippen LogP contribution in [0.25, 0.3) is 0 Å². The number of nitrogens with one attached hydrogen (secondary N) is 1. The van der Waals surface area contributed by atoms with Gasteiger partial charge >= 0.3 is 5.97 Å². The highest BCUT2D eigenvalue weighted by Crippen LogP contribution is 2.20. The third-order valence-electron chi connectivity index (χ3n) is 3.42. The Balaban J connectivity index is 2.37. The summed E-state index contributed by atoms with van der Waals surface area (Å²) in [5, 5.41) is 9.16. The number of aliphatic carboxylic acids is 1. The van der Waals surface area contributed by atoms with E-state index in [0.717, 1.165) is 5.56 Å². The number of hydrogen-bond donors (Lipinski definition) is 3. The van der Waals surface area contributed by atoms with E-state index in [0.29, 0.717) is 5.56 Å². The first kappa shape index (κ1) is 17.1. The topological polar surface area (TPSA) is 109 Å². The van der Waals surface area contributed by atoms with Crippen molar-refractivity contribution in [2.24, 2.45) is 5.73 Å². The molecule has 0 aromatic heterocycles. The van der Waals surface area contributed by atoms with E-state index in [1.54, 1.807) is 42.5 Å². The van der Waals surface area contributed by atoms with Crippen LogP contribution in [0.2, 0.25) is 0 Å². The number of carboxylic acid groups (broad SMARTS) is 1. The quantitative estimate of drug-likeness (QED) is 0.740. The largest absolute Gasteiger partial charge is 0.480 e. The van der Waals surface area contributed by atoms with Gasteiger partial charge in [0.05, 0.1) is 10.9 Å². The van der Waals surface area contributed by atoms with Gasteiger partial charge in [0.25, 0.3) is 0 Å². The molecule has 0 spiro atoms.